The number of phosphoric acid groups is 1. The first kappa shape index (κ1) is 38.3. The lowest BCUT2D eigenvalue weighted by molar-refractivity contribution is -0.870. The SMILES string of the molecule is C[N+](C)(C)CCOP(=O)(O)OCCCCCCCCCCCCCCCCCCc1ccc(I)cc1.[N-]=[N+]=[N-]. The third-order valence-corrected chi connectivity index (χ3v) is 8.28. The van der Waals surface area contributed by atoms with E-state index in [0.717, 1.165) is 12.8 Å². The normalized spacial score (nSPS) is 12.8. The molecule has 226 valence electrons. The molecule has 39 heavy (non-hydrogen) atoms. The molecule has 0 heterocycles. The van der Waals surface area contributed by atoms with Crippen molar-refractivity contribution >= 4 is 30.4 Å². The number of halogens is 1. The predicted octanol–water partition coefficient (Wildman–Crippen LogP) is 9.78. The molecule has 1 aromatic carbocycles. The second kappa shape index (κ2) is 25.1. The monoisotopic (exact) mass is 680 g/mol. The lowest BCUT2D eigenvalue weighted by atomic mass is 10.0. The van der Waals surface area contributed by atoms with Crippen LogP contribution in [0, 0.1) is 3.57 Å². The van der Waals surface area contributed by atoms with Gasteiger partial charge in [0.25, 0.3) is 0 Å². The summed E-state index contributed by atoms with van der Waals surface area (Å²) in [6.45, 7) is 1.20. The van der Waals surface area contributed by atoms with Crippen molar-refractivity contribution in [1.29, 1.82) is 0 Å². The van der Waals surface area contributed by atoms with Crippen molar-refractivity contribution in [1.82, 2.24) is 0 Å². The Labute approximate surface area is 252 Å². The van der Waals surface area contributed by atoms with Crippen LogP contribution in [0.25, 0.3) is 16.0 Å². The summed E-state index contributed by atoms with van der Waals surface area (Å²) in [7, 11) is 2.16. The highest BCUT2D eigenvalue weighted by Gasteiger charge is 2.21. The Balaban J connectivity index is 0.00000458. The van der Waals surface area contributed by atoms with E-state index >= 15 is 0 Å². The number of hydrogen-bond donors (Lipinski definition) is 1. The van der Waals surface area contributed by atoms with Crippen LogP contribution in [0.15, 0.2) is 24.3 Å². The fourth-order valence-electron chi connectivity index (χ4n) is 4.20. The minimum absolute atomic E-state index is 0.229. The Morgan fingerprint density at radius 3 is 1.49 bits per heavy atom. The lowest BCUT2D eigenvalue weighted by Crippen LogP contribution is -2.37. The molecule has 0 amide bonds. The van der Waals surface area contributed by atoms with Crippen molar-refractivity contribution in [3.8, 4) is 0 Å². The number of benzene rings is 1. The average molecular weight is 681 g/mol. The van der Waals surface area contributed by atoms with Crippen LogP contribution in [0.2, 0.25) is 0 Å². The summed E-state index contributed by atoms with van der Waals surface area (Å²) in [4.78, 5) is 11.2. The van der Waals surface area contributed by atoms with Gasteiger partial charge in [-0.15, -0.1) is 0 Å². The quantitative estimate of drug-likeness (QED) is 0.0223. The molecule has 0 aliphatic rings. The van der Waals surface area contributed by atoms with Crippen LogP contribution in [0.5, 0.6) is 0 Å². The topological polar surface area (TPSA) is 114 Å². The smallest absolute Gasteiger partial charge is 0.373 e. The summed E-state index contributed by atoms with van der Waals surface area (Å²) < 4.78 is 23.9. The van der Waals surface area contributed by atoms with E-state index in [-0.39, 0.29) is 6.61 Å². The van der Waals surface area contributed by atoms with Gasteiger partial charge in [0.1, 0.15) is 13.2 Å². The molecule has 1 N–H and O–H groups in total. The van der Waals surface area contributed by atoms with E-state index in [0.29, 0.717) is 17.6 Å². The molecule has 0 bridgehead atoms. The van der Waals surface area contributed by atoms with E-state index in [1.165, 1.54) is 110 Å². The molecule has 0 saturated heterocycles. The van der Waals surface area contributed by atoms with Crippen LogP contribution >= 0.6 is 30.4 Å². The van der Waals surface area contributed by atoms with Gasteiger partial charge in [0.15, 0.2) is 0 Å². The summed E-state index contributed by atoms with van der Waals surface area (Å²) in [6, 6.07) is 8.95. The molecule has 0 spiro atoms. The van der Waals surface area contributed by atoms with Crippen molar-refractivity contribution in [2.75, 3.05) is 40.9 Å². The first-order valence-electron chi connectivity index (χ1n) is 14.7. The van der Waals surface area contributed by atoms with Gasteiger partial charge in [-0.3, -0.25) is 14.0 Å². The van der Waals surface area contributed by atoms with Gasteiger partial charge in [-0.05, 0) is 59.5 Å². The van der Waals surface area contributed by atoms with Gasteiger partial charge in [-0.1, -0.05) is 102 Å². The third kappa shape index (κ3) is 28.6. The first-order valence-corrected chi connectivity index (χ1v) is 17.3. The molecule has 10 heteroatoms. The van der Waals surface area contributed by atoms with E-state index in [4.69, 9.17) is 20.1 Å². The molecule has 0 radical (unpaired) electrons. The fourth-order valence-corrected chi connectivity index (χ4v) is 5.31. The van der Waals surface area contributed by atoms with Gasteiger partial charge < -0.3 is 20.4 Å². The van der Waals surface area contributed by atoms with Gasteiger partial charge in [0.2, 0.25) is 0 Å². The number of likely N-dealkylation sites (N-methyl/N-ethyl adjacent to an activating group) is 1. The molecule has 1 unspecified atom stereocenters. The zero-order chi connectivity index (χ0) is 29.2. The Hall–Kier alpha value is -0.670. The summed E-state index contributed by atoms with van der Waals surface area (Å²) in [5.41, 5.74) is 15.0. The molecule has 1 aromatic rings. The third-order valence-electron chi connectivity index (χ3n) is 6.54. The van der Waals surface area contributed by atoms with Crippen molar-refractivity contribution < 1.29 is 23.0 Å². The van der Waals surface area contributed by atoms with Gasteiger partial charge in [0, 0.05) is 3.57 Å². The van der Waals surface area contributed by atoms with Crippen molar-refractivity contribution in [3.05, 3.63) is 49.4 Å². The number of aryl methyl sites for hydroxylation is 1. The highest BCUT2D eigenvalue weighted by atomic mass is 127. The zero-order valence-corrected chi connectivity index (χ0v) is 27.8. The zero-order valence-electron chi connectivity index (χ0n) is 24.7. The van der Waals surface area contributed by atoms with E-state index in [2.05, 4.69) is 46.9 Å². The molecule has 0 aromatic heterocycles. The predicted molar refractivity (Wildman–Crippen MR) is 171 cm³/mol. The molecular formula is C29H54IN4O4P. The average Bonchev–Trinajstić information content (AvgIpc) is 2.86. The molecule has 0 saturated carbocycles. The van der Waals surface area contributed by atoms with Crippen molar-refractivity contribution in [3.63, 3.8) is 0 Å². The van der Waals surface area contributed by atoms with E-state index in [1.54, 1.807) is 0 Å². The highest BCUT2D eigenvalue weighted by Crippen LogP contribution is 2.43. The number of nitrogens with zero attached hydrogens (tertiary/aromatic N) is 4. The van der Waals surface area contributed by atoms with Gasteiger partial charge in [0.05, 0.1) is 27.7 Å². The number of hydrogen-bond acceptors (Lipinski definition) is 3. The van der Waals surface area contributed by atoms with Crippen molar-refractivity contribution in [2.24, 2.45) is 0 Å². The summed E-state index contributed by atoms with van der Waals surface area (Å²) >= 11 is 2.37. The number of rotatable bonds is 24. The van der Waals surface area contributed by atoms with Crippen LogP contribution in [-0.2, 0) is 20.0 Å². The summed E-state index contributed by atoms with van der Waals surface area (Å²) in [5, 5.41) is 0. The second-order valence-corrected chi connectivity index (χ2v) is 14.0. The van der Waals surface area contributed by atoms with Crippen LogP contribution in [-0.4, -0.2) is 50.3 Å². The van der Waals surface area contributed by atoms with Crippen molar-refractivity contribution in [2.45, 2.75) is 109 Å². The number of phosphoric ester groups is 1. The molecule has 0 aliphatic heterocycles. The fraction of sp³-hybridized carbons (Fsp3) is 0.793. The maximum absolute atomic E-state index is 11.8. The van der Waals surface area contributed by atoms with Gasteiger partial charge in [-0.25, -0.2) is 4.57 Å². The lowest BCUT2D eigenvalue weighted by Gasteiger charge is -2.24. The first-order chi connectivity index (χ1) is 18.6. The molecule has 0 aliphatic carbocycles. The van der Waals surface area contributed by atoms with E-state index < -0.39 is 7.82 Å². The van der Waals surface area contributed by atoms with Crippen LogP contribution in [0.1, 0.15) is 108 Å². The Bertz CT molecular complexity index is 784. The molecule has 8 nitrogen and oxygen atoms in total. The second-order valence-electron chi connectivity index (χ2n) is 11.3. The Kier molecular flexibility index (Phi) is 24.6. The summed E-state index contributed by atoms with van der Waals surface area (Å²) in [6.07, 6.45) is 22.0. The molecule has 0 fully saturated rings. The minimum Gasteiger partial charge on any atom is -0.373 e. The number of quaternary nitrogens is 1. The van der Waals surface area contributed by atoms with Gasteiger partial charge in [-0.2, -0.15) is 0 Å². The van der Waals surface area contributed by atoms with Crippen LogP contribution < -0.4 is 0 Å². The molecule has 1 rings (SSSR count). The highest BCUT2D eigenvalue weighted by molar-refractivity contribution is 14.1. The molecule has 1 atom stereocenters. The van der Waals surface area contributed by atoms with Gasteiger partial charge >= 0.3 is 7.82 Å². The maximum atomic E-state index is 11.8. The number of unbranched alkanes of at least 4 members (excludes halogenated alkanes) is 15. The standard InChI is InChI=1S/C29H53INO4P.N3/c1-31(2,3)25-27-35-36(32,33)34-26-19-17-15-13-11-9-7-5-4-6-8-10-12-14-16-18-20-28-21-23-29(30)24-22-28;1-3-2/h21-24H,4-20,25-27H2,1-3H3;/q;-1/p+1. The largest absolute Gasteiger partial charge is 0.472 e. The minimum atomic E-state index is -3.89. The Morgan fingerprint density at radius 2 is 1.08 bits per heavy atom. The summed E-state index contributed by atoms with van der Waals surface area (Å²) in [5.74, 6) is 0. The van der Waals surface area contributed by atoms with E-state index in [9.17, 15) is 9.46 Å². The maximum Gasteiger partial charge on any atom is 0.472 e. The van der Waals surface area contributed by atoms with Crippen LogP contribution in [0.4, 0.5) is 0 Å². The van der Waals surface area contributed by atoms with Crippen LogP contribution in [0.3, 0.4) is 0 Å². The molecular weight excluding hydrogens is 626 g/mol. The Morgan fingerprint density at radius 1 is 0.718 bits per heavy atom. The van der Waals surface area contributed by atoms with E-state index in [1.807, 2.05) is 21.1 Å².